The molecule has 0 saturated carbocycles. The molecule has 1 saturated heterocycles. The van der Waals surface area contributed by atoms with Crippen LogP contribution in [0.5, 0.6) is 0 Å². The van der Waals surface area contributed by atoms with E-state index < -0.39 is 29.5 Å². The molecule has 9 heteroatoms. The molecule has 2 atom stereocenters. The molecule has 2 aromatic carbocycles. The van der Waals surface area contributed by atoms with Crippen molar-refractivity contribution in [2.24, 2.45) is 11.8 Å². The monoisotopic (exact) mass is 514 g/mol. The molecule has 1 N–H and O–H groups in total. The molecule has 3 rings (SSSR count). The van der Waals surface area contributed by atoms with Crippen molar-refractivity contribution in [1.82, 2.24) is 4.90 Å². The van der Waals surface area contributed by atoms with Crippen LogP contribution in [0.1, 0.15) is 48.4 Å². The van der Waals surface area contributed by atoms with Crippen molar-refractivity contribution in [1.29, 1.82) is 5.26 Å². The highest BCUT2D eigenvalue weighted by atomic mass is 19.4. The summed E-state index contributed by atoms with van der Waals surface area (Å²) in [5.41, 5.74) is 1.27. The number of nitriles is 1. The molecule has 2 unspecified atom stereocenters. The average molecular weight is 515 g/mol. The summed E-state index contributed by atoms with van der Waals surface area (Å²) in [4.78, 5) is 30.8. The Balaban J connectivity index is 1.91. The van der Waals surface area contributed by atoms with Gasteiger partial charge in [0.1, 0.15) is 0 Å². The van der Waals surface area contributed by atoms with E-state index in [2.05, 4.69) is 10.2 Å². The van der Waals surface area contributed by atoms with E-state index in [4.69, 9.17) is 0 Å². The maximum Gasteiger partial charge on any atom is 0.416 e. The number of alkyl halides is 3. The van der Waals surface area contributed by atoms with Crippen LogP contribution >= 0.6 is 0 Å². The van der Waals surface area contributed by atoms with Gasteiger partial charge in [-0.2, -0.15) is 18.4 Å². The highest BCUT2D eigenvalue weighted by Gasteiger charge is 2.36. The van der Waals surface area contributed by atoms with Gasteiger partial charge in [0, 0.05) is 30.9 Å². The SMILES string of the molecule is Cc1cccc(C)c1N(C)C(=O)C(C)C(CN1CCCCC1)C(=O)Nc1cc(C#N)cc(C(F)(F)F)c1. The van der Waals surface area contributed by atoms with E-state index >= 15 is 0 Å². The summed E-state index contributed by atoms with van der Waals surface area (Å²) in [7, 11) is 1.68. The third-order valence-electron chi connectivity index (χ3n) is 7.00. The molecule has 198 valence electrons. The van der Waals surface area contributed by atoms with Crippen LogP contribution in [-0.4, -0.2) is 43.4 Å². The van der Waals surface area contributed by atoms with Gasteiger partial charge in [0.05, 0.1) is 23.1 Å². The maximum atomic E-state index is 13.6. The summed E-state index contributed by atoms with van der Waals surface area (Å²) in [6, 6.07) is 10.2. The van der Waals surface area contributed by atoms with Gasteiger partial charge in [-0.05, 0) is 69.1 Å². The first-order valence-corrected chi connectivity index (χ1v) is 12.4. The van der Waals surface area contributed by atoms with E-state index in [1.807, 2.05) is 32.0 Å². The van der Waals surface area contributed by atoms with Crippen LogP contribution in [-0.2, 0) is 15.8 Å². The number of likely N-dealkylation sites (tertiary alicyclic amines) is 1. The maximum absolute atomic E-state index is 13.6. The lowest BCUT2D eigenvalue weighted by Crippen LogP contribution is -2.46. The molecule has 1 aliphatic rings. The Hall–Kier alpha value is -3.38. The van der Waals surface area contributed by atoms with Crippen molar-refractivity contribution >= 4 is 23.2 Å². The summed E-state index contributed by atoms with van der Waals surface area (Å²) in [6.07, 6.45) is -1.61. The molecule has 0 aromatic heterocycles. The van der Waals surface area contributed by atoms with Gasteiger partial charge in [-0.3, -0.25) is 9.59 Å². The van der Waals surface area contributed by atoms with Crippen molar-refractivity contribution in [3.05, 3.63) is 58.7 Å². The molecule has 2 aromatic rings. The van der Waals surface area contributed by atoms with Crippen molar-refractivity contribution in [3.8, 4) is 6.07 Å². The summed E-state index contributed by atoms with van der Waals surface area (Å²) >= 11 is 0. The van der Waals surface area contributed by atoms with Gasteiger partial charge < -0.3 is 15.1 Å². The van der Waals surface area contributed by atoms with Gasteiger partial charge in [-0.15, -0.1) is 0 Å². The van der Waals surface area contributed by atoms with Gasteiger partial charge in [0.2, 0.25) is 11.8 Å². The van der Waals surface area contributed by atoms with Gasteiger partial charge >= 0.3 is 6.18 Å². The lowest BCUT2D eigenvalue weighted by atomic mass is 9.89. The Morgan fingerprint density at radius 2 is 1.73 bits per heavy atom. The second-order valence-corrected chi connectivity index (χ2v) is 9.79. The predicted octanol–water partition coefficient (Wildman–Crippen LogP) is 5.53. The highest BCUT2D eigenvalue weighted by Crippen LogP contribution is 2.33. The van der Waals surface area contributed by atoms with E-state index in [-0.39, 0.29) is 17.2 Å². The number of benzene rings is 2. The molecule has 0 radical (unpaired) electrons. The molecule has 6 nitrogen and oxygen atoms in total. The molecule has 0 aliphatic carbocycles. The fourth-order valence-corrected chi connectivity index (χ4v) is 4.97. The number of anilines is 2. The highest BCUT2D eigenvalue weighted by molar-refractivity contribution is 6.01. The number of nitrogens with one attached hydrogen (secondary N) is 1. The minimum atomic E-state index is -4.67. The number of piperidine rings is 1. The van der Waals surface area contributed by atoms with E-state index in [1.165, 1.54) is 6.07 Å². The van der Waals surface area contributed by atoms with Crippen LogP contribution in [0.2, 0.25) is 0 Å². The Bertz CT molecular complexity index is 1160. The number of hydrogen-bond acceptors (Lipinski definition) is 4. The Morgan fingerprint density at radius 1 is 1.11 bits per heavy atom. The number of rotatable bonds is 7. The van der Waals surface area contributed by atoms with Crippen molar-refractivity contribution in [2.75, 3.05) is 36.9 Å². The fourth-order valence-electron chi connectivity index (χ4n) is 4.97. The quantitative estimate of drug-likeness (QED) is 0.527. The Kier molecular flexibility index (Phi) is 8.98. The van der Waals surface area contributed by atoms with E-state index in [1.54, 1.807) is 24.9 Å². The number of aryl methyl sites for hydroxylation is 2. The molecular formula is C28H33F3N4O2. The summed E-state index contributed by atoms with van der Waals surface area (Å²) in [5, 5.41) is 11.8. The second kappa shape index (κ2) is 11.8. The van der Waals surface area contributed by atoms with Crippen LogP contribution in [0.4, 0.5) is 24.5 Å². The summed E-state index contributed by atoms with van der Waals surface area (Å²) in [5.74, 6) is -2.36. The van der Waals surface area contributed by atoms with Gasteiger partial charge in [0.15, 0.2) is 0 Å². The Morgan fingerprint density at radius 3 is 2.30 bits per heavy atom. The zero-order valence-electron chi connectivity index (χ0n) is 21.7. The number of nitrogens with zero attached hydrogens (tertiary/aromatic N) is 3. The number of carbonyl (C=O) groups excluding carboxylic acids is 2. The fraction of sp³-hybridized carbons (Fsp3) is 0.464. The minimum Gasteiger partial charge on any atom is -0.326 e. The molecule has 37 heavy (non-hydrogen) atoms. The molecule has 1 aliphatic heterocycles. The van der Waals surface area contributed by atoms with E-state index in [0.29, 0.717) is 6.54 Å². The van der Waals surface area contributed by atoms with Gasteiger partial charge in [0.25, 0.3) is 0 Å². The molecule has 2 amide bonds. The zero-order valence-corrected chi connectivity index (χ0v) is 21.7. The number of amides is 2. The largest absolute Gasteiger partial charge is 0.416 e. The summed E-state index contributed by atoms with van der Waals surface area (Å²) < 4.78 is 40.1. The van der Waals surface area contributed by atoms with Crippen LogP contribution in [0.3, 0.4) is 0 Å². The van der Waals surface area contributed by atoms with Crippen LogP contribution in [0.15, 0.2) is 36.4 Å². The van der Waals surface area contributed by atoms with Gasteiger partial charge in [-0.25, -0.2) is 0 Å². The number of para-hydroxylation sites is 1. The zero-order chi connectivity index (χ0) is 27.3. The first-order chi connectivity index (χ1) is 17.4. The Labute approximate surface area is 216 Å². The second-order valence-electron chi connectivity index (χ2n) is 9.79. The number of hydrogen-bond donors (Lipinski definition) is 1. The minimum absolute atomic E-state index is 0.122. The van der Waals surface area contributed by atoms with Crippen LogP contribution < -0.4 is 10.2 Å². The van der Waals surface area contributed by atoms with Crippen molar-refractivity contribution in [3.63, 3.8) is 0 Å². The third-order valence-corrected chi connectivity index (χ3v) is 7.00. The first-order valence-electron chi connectivity index (χ1n) is 12.4. The van der Waals surface area contributed by atoms with Gasteiger partial charge in [-0.1, -0.05) is 31.5 Å². The van der Waals surface area contributed by atoms with E-state index in [0.717, 1.165) is 61.3 Å². The van der Waals surface area contributed by atoms with Crippen molar-refractivity contribution < 1.29 is 22.8 Å². The number of carbonyl (C=O) groups is 2. The van der Waals surface area contributed by atoms with Crippen molar-refractivity contribution in [2.45, 2.75) is 46.2 Å². The average Bonchev–Trinajstić information content (AvgIpc) is 2.86. The molecule has 0 bridgehead atoms. The first kappa shape index (κ1) is 28.2. The normalized spacial score (nSPS) is 15.9. The molecule has 0 spiro atoms. The lowest BCUT2D eigenvalue weighted by molar-refractivity contribution is -0.137. The lowest BCUT2D eigenvalue weighted by Gasteiger charge is -2.34. The predicted molar refractivity (Wildman–Crippen MR) is 137 cm³/mol. The topological polar surface area (TPSA) is 76.4 Å². The molecule has 1 heterocycles. The van der Waals surface area contributed by atoms with Crippen LogP contribution in [0.25, 0.3) is 0 Å². The standard InChI is InChI=1S/C28H33F3N4O2/c1-18-9-8-10-19(2)25(18)34(4)27(37)20(3)24(17-35-11-6-5-7-12-35)26(36)33-23-14-21(16-32)13-22(15-23)28(29,30)31/h8-10,13-15,20,24H,5-7,11-12,17H2,1-4H3,(H,33,36). The van der Waals surface area contributed by atoms with E-state index in [9.17, 15) is 28.0 Å². The summed E-state index contributed by atoms with van der Waals surface area (Å²) in [6.45, 7) is 7.40. The molecule has 1 fully saturated rings. The van der Waals surface area contributed by atoms with Crippen LogP contribution in [0, 0.1) is 37.0 Å². The third kappa shape index (κ3) is 6.89. The molecular weight excluding hydrogens is 481 g/mol. The smallest absolute Gasteiger partial charge is 0.326 e. The number of halogens is 3.